The predicted molar refractivity (Wildman–Crippen MR) is 77.1 cm³/mol. The fourth-order valence-corrected chi connectivity index (χ4v) is 2.20. The quantitative estimate of drug-likeness (QED) is 0.801. The Kier molecular flexibility index (Phi) is 6.32. The van der Waals surface area contributed by atoms with Crippen molar-refractivity contribution in [2.75, 3.05) is 6.54 Å². The Morgan fingerprint density at radius 2 is 1.94 bits per heavy atom. The van der Waals surface area contributed by atoms with Gasteiger partial charge in [0.1, 0.15) is 0 Å². The summed E-state index contributed by atoms with van der Waals surface area (Å²) in [6.45, 7) is 7.68. The predicted octanol–water partition coefficient (Wildman–Crippen LogP) is 4.56. The fourth-order valence-electron chi connectivity index (χ4n) is 1.81. The van der Waals surface area contributed by atoms with Crippen molar-refractivity contribution in [1.82, 2.24) is 5.32 Å². The third-order valence-electron chi connectivity index (χ3n) is 2.91. The molecule has 1 unspecified atom stereocenters. The molecule has 0 heterocycles. The summed E-state index contributed by atoms with van der Waals surface area (Å²) in [5.74, 6) is 0.580. The van der Waals surface area contributed by atoms with Crippen molar-refractivity contribution in [3.05, 3.63) is 33.8 Å². The SMILES string of the molecule is CCCNC(Cc1cc(Cl)ccc1Cl)C(C)C. The normalized spacial score (nSPS) is 13.1. The van der Waals surface area contributed by atoms with Crippen LogP contribution in [0.25, 0.3) is 0 Å². The van der Waals surface area contributed by atoms with Gasteiger partial charge in [0.2, 0.25) is 0 Å². The molecule has 1 aromatic carbocycles. The lowest BCUT2D eigenvalue weighted by atomic mass is 9.96. The summed E-state index contributed by atoms with van der Waals surface area (Å²) in [5.41, 5.74) is 1.13. The standard InChI is InChI=1S/C14H21Cl2N/c1-4-7-17-14(10(2)3)9-11-8-12(15)5-6-13(11)16/h5-6,8,10,14,17H,4,7,9H2,1-3H3. The van der Waals surface area contributed by atoms with Crippen LogP contribution in [0.1, 0.15) is 32.8 Å². The molecule has 0 aliphatic carbocycles. The van der Waals surface area contributed by atoms with E-state index in [1.165, 1.54) is 0 Å². The summed E-state index contributed by atoms with van der Waals surface area (Å²) < 4.78 is 0. The molecule has 1 N–H and O–H groups in total. The molecule has 0 aromatic heterocycles. The largest absolute Gasteiger partial charge is 0.313 e. The van der Waals surface area contributed by atoms with Gasteiger partial charge in [-0.25, -0.2) is 0 Å². The highest BCUT2D eigenvalue weighted by atomic mass is 35.5. The van der Waals surface area contributed by atoms with Crippen molar-refractivity contribution in [2.24, 2.45) is 5.92 Å². The summed E-state index contributed by atoms with van der Waals surface area (Å²) in [5, 5.41) is 5.12. The van der Waals surface area contributed by atoms with Gasteiger partial charge in [-0.15, -0.1) is 0 Å². The second-order valence-corrected chi connectivity index (χ2v) is 5.59. The zero-order valence-electron chi connectivity index (χ0n) is 10.8. The first kappa shape index (κ1) is 14.8. The molecule has 96 valence electrons. The molecule has 0 radical (unpaired) electrons. The maximum atomic E-state index is 6.19. The van der Waals surface area contributed by atoms with Crippen molar-refractivity contribution in [1.29, 1.82) is 0 Å². The van der Waals surface area contributed by atoms with Gasteiger partial charge in [0, 0.05) is 16.1 Å². The van der Waals surface area contributed by atoms with Crippen LogP contribution in [-0.4, -0.2) is 12.6 Å². The van der Waals surface area contributed by atoms with Crippen LogP contribution in [0, 0.1) is 5.92 Å². The number of halogens is 2. The van der Waals surface area contributed by atoms with Crippen molar-refractivity contribution < 1.29 is 0 Å². The first-order valence-corrected chi connectivity index (χ1v) is 6.97. The molecule has 0 fully saturated rings. The van der Waals surface area contributed by atoms with E-state index < -0.39 is 0 Å². The van der Waals surface area contributed by atoms with Gasteiger partial charge in [0.15, 0.2) is 0 Å². The van der Waals surface area contributed by atoms with Gasteiger partial charge in [0.05, 0.1) is 0 Å². The highest BCUT2D eigenvalue weighted by molar-refractivity contribution is 6.33. The Morgan fingerprint density at radius 3 is 2.53 bits per heavy atom. The van der Waals surface area contributed by atoms with Crippen LogP contribution in [-0.2, 0) is 6.42 Å². The minimum Gasteiger partial charge on any atom is -0.313 e. The van der Waals surface area contributed by atoms with Gasteiger partial charge in [0.25, 0.3) is 0 Å². The van der Waals surface area contributed by atoms with E-state index in [1.54, 1.807) is 0 Å². The lowest BCUT2D eigenvalue weighted by molar-refractivity contribution is 0.397. The molecule has 17 heavy (non-hydrogen) atoms. The zero-order chi connectivity index (χ0) is 12.8. The molecule has 1 nitrogen and oxygen atoms in total. The Hall–Kier alpha value is -0.240. The van der Waals surface area contributed by atoms with E-state index in [9.17, 15) is 0 Å². The summed E-state index contributed by atoms with van der Waals surface area (Å²) in [4.78, 5) is 0. The van der Waals surface area contributed by atoms with Crippen LogP contribution < -0.4 is 5.32 Å². The molecule has 1 aromatic rings. The summed E-state index contributed by atoms with van der Waals surface area (Å²) in [6, 6.07) is 6.12. The molecule has 0 saturated carbocycles. The minimum absolute atomic E-state index is 0.450. The molecule has 0 saturated heterocycles. The topological polar surface area (TPSA) is 12.0 Å². The Labute approximate surface area is 115 Å². The van der Waals surface area contributed by atoms with Crippen LogP contribution in [0.5, 0.6) is 0 Å². The van der Waals surface area contributed by atoms with Gasteiger partial charge in [-0.3, -0.25) is 0 Å². The Morgan fingerprint density at radius 1 is 1.24 bits per heavy atom. The minimum atomic E-state index is 0.450. The van der Waals surface area contributed by atoms with Crippen LogP contribution in [0.3, 0.4) is 0 Å². The number of benzene rings is 1. The monoisotopic (exact) mass is 273 g/mol. The molecule has 1 atom stereocenters. The number of hydrogen-bond donors (Lipinski definition) is 1. The molecule has 0 aliphatic heterocycles. The highest BCUT2D eigenvalue weighted by Gasteiger charge is 2.14. The summed E-state index contributed by atoms with van der Waals surface area (Å²) in [7, 11) is 0. The van der Waals surface area contributed by atoms with E-state index in [4.69, 9.17) is 23.2 Å². The number of hydrogen-bond acceptors (Lipinski definition) is 1. The van der Waals surface area contributed by atoms with Gasteiger partial charge in [-0.2, -0.15) is 0 Å². The van der Waals surface area contributed by atoms with E-state index in [-0.39, 0.29) is 0 Å². The van der Waals surface area contributed by atoms with Crippen molar-refractivity contribution in [3.63, 3.8) is 0 Å². The van der Waals surface area contributed by atoms with Crippen LogP contribution in [0.2, 0.25) is 10.0 Å². The molecular weight excluding hydrogens is 253 g/mol. The van der Waals surface area contributed by atoms with Crippen molar-refractivity contribution in [2.45, 2.75) is 39.7 Å². The summed E-state index contributed by atoms with van der Waals surface area (Å²) >= 11 is 12.2. The van der Waals surface area contributed by atoms with Crippen molar-refractivity contribution in [3.8, 4) is 0 Å². The third kappa shape index (κ3) is 4.87. The van der Waals surface area contributed by atoms with E-state index >= 15 is 0 Å². The first-order chi connectivity index (χ1) is 8.04. The van der Waals surface area contributed by atoms with E-state index in [0.717, 1.165) is 35.0 Å². The van der Waals surface area contributed by atoms with E-state index in [0.29, 0.717) is 12.0 Å². The average molecular weight is 274 g/mol. The molecule has 0 spiro atoms. The average Bonchev–Trinajstić information content (AvgIpc) is 2.28. The molecule has 0 amide bonds. The second kappa shape index (κ2) is 7.25. The number of nitrogens with one attached hydrogen (secondary N) is 1. The van der Waals surface area contributed by atoms with Crippen LogP contribution in [0.4, 0.5) is 0 Å². The molecular formula is C14H21Cl2N. The van der Waals surface area contributed by atoms with Gasteiger partial charge < -0.3 is 5.32 Å². The molecule has 0 aliphatic rings. The summed E-state index contributed by atoms with van der Waals surface area (Å²) in [6.07, 6.45) is 2.07. The zero-order valence-corrected chi connectivity index (χ0v) is 12.3. The highest BCUT2D eigenvalue weighted by Crippen LogP contribution is 2.23. The van der Waals surface area contributed by atoms with Crippen LogP contribution in [0.15, 0.2) is 18.2 Å². The lowest BCUT2D eigenvalue weighted by Crippen LogP contribution is -2.36. The molecule has 1 rings (SSSR count). The molecule has 0 bridgehead atoms. The van der Waals surface area contributed by atoms with E-state index in [2.05, 4.69) is 26.1 Å². The first-order valence-electron chi connectivity index (χ1n) is 6.22. The van der Waals surface area contributed by atoms with Crippen molar-refractivity contribution >= 4 is 23.2 Å². The number of rotatable bonds is 6. The second-order valence-electron chi connectivity index (χ2n) is 4.74. The van der Waals surface area contributed by atoms with Gasteiger partial charge >= 0.3 is 0 Å². The van der Waals surface area contributed by atoms with Gasteiger partial charge in [-0.1, -0.05) is 44.0 Å². The fraction of sp³-hybridized carbons (Fsp3) is 0.571. The smallest absolute Gasteiger partial charge is 0.0439 e. The third-order valence-corrected chi connectivity index (χ3v) is 3.51. The maximum Gasteiger partial charge on any atom is 0.0439 e. The van der Waals surface area contributed by atoms with E-state index in [1.807, 2.05) is 18.2 Å². The Balaban J connectivity index is 2.74. The van der Waals surface area contributed by atoms with Gasteiger partial charge in [-0.05, 0) is 49.1 Å². The maximum absolute atomic E-state index is 6.19. The molecule has 3 heteroatoms. The lowest BCUT2D eigenvalue weighted by Gasteiger charge is -2.23. The Bertz CT molecular complexity index is 350. The van der Waals surface area contributed by atoms with Crippen LogP contribution >= 0.6 is 23.2 Å².